The van der Waals surface area contributed by atoms with Crippen molar-refractivity contribution in [3.8, 4) is 0 Å². The van der Waals surface area contributed by atoms with Gasteiger partial charge in [0.1, 0.15) is 0 Å². The molecule has 0 fully saturated rings. The lowest BCUT2D eigenvalue weighted by molar-refractivity contribution is 0.373. The van der Waals surface area contributed by atoms with Gasteiger partial charge in [0.05, 0.1) is 0 Å². The molecule has 2 nitrogen and oxygen atoms in total. The molecule has 0 aliphatic heterocycles. The first-order valence-corrected chi connectivity index (χ1v) is 5.48. The van der Waals surface area contributed by atoms with E-state index in [1.807, 2.05) is 34.7 Å². The van der Waals surface area contributed by atoms with Gasteiger partial charge >= 0.3 is 0 Å². The molecule has 0 radical (unpaired) electrons. The maximum atomic E-state index is 3.19. The van der Waals surface area contributed by atoms with E-state index in [-0.39, 0.29) is 0 Å². The maximum Gasteiger partial charge on any atom is 0.00478 e. The van der Waals surface area contributed by atoms with Gasteiger partial charge < -0.3 is 10.2 Å². The van der Waals surface area contributed by atoms with E-state index in [1.54, 1.807) is 0 Å². The van der Waals surface area contributed by atoms with Crippen LogP contribution in [0.4, 0.5) is 0 Å². The summed E-state index contributed by atoms with van der Waals surface area (Å²) in [5, 5.41) is 3.19. The van der Waals surface area contributed by atoms with E-state index in [9.17, 15) is 0 Å². The highest BCUT2D eigenvalue weighted by atomic mass is 15.1. The predicted octanol–water partition coefficient (Wildman–Crippen LogP) is 2.60. The second-order valence-electron chi connectivity index (χ2n) is 2.78. The van der Waals surface area contributed by atoms with Crippen molar-refractivity contribution in [3.05, 3.63) is 0 Å². The van der Waals surface area contributed by atoms with Gasteiger partial charge in [-0.3, -0.25) is 0 Å². The van der Waals surface area contributed by atoms with Crippen molar-refractivity contribution in [2.75, 3.05) is 27.7 Å². The largest absolute Gasteiger partial charge is 0.317 e. The van der Waals surface area contributed by atoms with Crippen LogP contribution in [0.1, 0.15) is 41.0 Å². The molecular formula is C11H30N2. The van der Waals surface area contributed by atoms with Crippen LogP contribution in [0, 0.1) is 0 Å². The van der Waals surface area contributed by atoms with Gasteiger partial charge in [-0.05, 0) is 41.0 Å². The highest BCUT2D eigenvalue weighted by Crippen LogP contribution is 1.89. The van der Waals surface area contributed by atoms with Crippen molar-refractivity contribution in [2.45, 2.75) is 47.1 Å². The molecule has 0 amide bonds. The number of hydrogen-bond acceptors (Lipinski definition) is 2. The molecule has 0 saturated carbocycles. The summed E-state index contributed by atoms with van der Waals surface area (Å²) in [5.74, 6) is 0. The standard InChI is InChI=1S/C7H18N2.2C2H6/c1-7(8-2)5-6-9(3)4;2*1-2/h7-8H,5-6H2,1-4H3;2*1-2H3. The van der Waals surface area contributed by atoms with Crippen molar-refractivity contribution in [2.24, 2.45) is 0 Å². The molecule has 0 bridgehead atoms. The average Bonchev–Trinajstić information content (AvgIpc) is 2.20. The van der Waals surface area contributed by atoms with E-state index in [0.717, 1.165) is 0 Å². The van der Waals surface area contributed by atoms with Crippen LogP contribution in [0.2, 0.25) is 0 Å². The van der Waals surface area contributed by atoms with Crippen LogP contribution in [0.25, 0.3) is 0 Å². The molecule has 0 aliphatic rings. The van der Waals surface area contributed by atoms with Crippen molar-refractivity contribution >= 4 is 0 Å². The number of rotatable bonds is 4. The Labute approximate surface area is 85.7 Å². The molecule has 13 heavy (non-hydrogen) atoms. The Kier molecular flexibility index (Phi) is 25.6. The summed E-state index contributed by atoms with van der Waals surface area (Å²) in [5.41, 5.74) is 0. The van der Waals surface area contributed by atoms with Crippen molar-refractivity contribution in [1.82, 2.24) is 10.2 Å². The van der Waals surface area contributed by atoms with Gasteiger partial charge in [0.2, 0.25) is 0 Å². The Morgan fingerprint density at radius 2 is 1.46 bits per heavy atom. The monoisotopic (exact) mass is 190 g/mol. The fourth-order valence-corrected chi connectivity index (χ4v) is 0.596. The van der Waals surface area contributed by atoms with Gasteiger partial charge in [0.15, 0.2) is 0 Å². The molecule has 1 atom stereocenters. The highest BCUT2D eigenvalue weighted by molar-refractivity contribution is 4.57. The summed E-state index contributed by atoms with van der Waals surface area (Å²) in [7, 11) is 6.20. The summed E-state index contributed by atoms with van der Waals surface area (Å²) in [4.78, 5) is 2.20. The molecule has 0 spiro atoms. The number of nitrogens with one attached hydrogen (secondary N) is 1. The van der Waals surface area contributed by atoms with Gasteiger partial charge in [0, 0.05) is 6.04 Å². The molecule has 1 unspecified atom stereocenters. The SMILES string of the molecule is CC.CC.CNC(C)CCN(C)C. The molecule has 1 N–H and O–H groups in total. The Bertz CT molecular complexity index is 63.1. The minimum Gasteiger partial charge on any atom is -0.317 e. The second-order valence-corrected chi connectivity index (χ2v) is 2.78. The lowest BCUT2D eigenvalue weighted by Gasteiger charge is -2.13. The zero-order chi connectivity index (χ0) is 11.3. The second kappa shape index (κ2) is 17.9. The fraction of sp³-hybridized carbons (Fsp3) is 1.00. The third kappa shape index (κ3) is 24.5. The molecule has 0 rings (SSSR count). The topological polar surface area (TPSA) is 15.3 Å². The summed E-state index contributed by atoms with van der Waals surface area (Å²) in [6, 6.07) is 0.646. The van der Waals surface area contributed by atoms with Crippen LogP contribution in [-0.2, 0) is 0 Å². The zero-order valence-corrected chi connectivity index (χ0v) is 10.9. The zero-order valence-electron chi connectivity index (χ0n) is 10.9. The number of nitrogens with zero attached hydrogens (tertiary/aromatic N) is 1. The molecule has 0 aliphatic carbocycles. The Balaban J connectivity index is -0.000000218. The van der Waals surface area contributed by atoms with Crippen LogP contribution in [0.15, 0.2) is 0 Å². The van der Waals surface area contributed by atoms with E-state index >= 15 is 0 Å². The molecule has 0 saturated heterocycles. The molecule has 2 heteroatoms. The van der Waals surface area contributed by atoms with E-state index in [4.69, 9.17) is 0 Å². The first-order chi connectivity index (χ1) is 6.16. The van der Waals surface area contributed by atoms with E-state index < -0.39 is 0 Å². The van der Waals surface area contributed by atoms with Crippen LogP contribution < -0.4 is 5.32 Å². The average molecular weight is 190 g/mol. The highest BCUT2D eigenvalue weighted by Gasteiger charge is 1.96. The summed E-state index contributed by atoms with van der Waals surface area (Å²) in [6.45, 7) is 11.4. The van der Waals surface area contributed by atoms with E-state index in [1.165, 1.54) is 13.0 Å². The van der Waals surface area contributed by atoms with Gasteiger partial charge in [-0.2, -0.15) is 0 Å². The number of hydrogen-bond donors (Lipinski definition) is 1. The van der Waals surface area contributed by atoms with Gasteiger partial charge in [-0.15, -0.1) is 0 Å². The van der Waals surface area contributed by atoms with Gasteiger partial charge in [-0.1, -0.05) is 27.7 Å². The summed E-state index contributed by atoms with van der Waals surface area (Å²) in [6.07, 6.45) is 1.23. The van der Waals surface area contributed by atoms with Crippen molar-refractivity contribution in [3.63, 3.8) is 0 Å². The molecule has 84 valence electrons. The first kappa shape index (κ1) is 18.7. The Morgan fingerprint density at radius 3 is 1.69 bits per heavy atom. The maximum absolute atomic E-state index is 3.19. The fourth-order valence-electron chi connectivity index (χ4n) is 0.596. The normalized spacial score (nSPS) is 10.8. The van der Waals surface area contributed by atoms with Crippen LogP contribution in [0.5, 0.6) is 0 Å². The van der Waals surface area contributed by atoms with Gasteiger partial charge in [-0.25, -0.2) is 0 Å². The molecule has 0 aromatic heterocycles. The first-order valence-electron chi connectivity index (χ1n) is 5.48. The lowest BCUT2D eigenvalue weighted by atomic mass is 10.2. The third-order valence-corrected chi connectivity index (χ3v) is 1.50. The smallest absolute Gasteiger partial charge is 0.00478 e. The van der Waals surface area contributed by atoms with Crippen LogP contribution >= 0.6 is 0 Å². The third-order valence-electron chi connectivity index (χ3n) is 1.50. The quantitative estimate of drug-likeness (QED) is 0.733. The van der Waals surface area contributed by atoms with Crippen LogP contribution in [0.3, 0.4) is 0 Å². The summed E-state index contributed by atoms with van der Waals surface area (Å²) < 4.78 is 0. The predicted molar refractivity (Wildman–Crippen MR) is 64.4 cm³/mol. The minimum absolute atomic E-state index is 0.646. The molecule has 0 aromatic carbocycles. The van der Waals surface area contributed by atoms with Gasteiger partial charge in [0.25, 0.3) is 0 Å². The Morgan fingerprint density at radius 1 is 1.08 bits per heavy atom. The van der Waals surface area contributed by atoms with Crippen molar-refractivity contribution in [1.29, 1.82) is 0 Å². The van der Waals surface area contributed by atoms with Crippen LogP contribution in [-0.4, -0.2) is 38.6 Å². The summed E-state index contributed by atoms with van der Waals surface area (Å²) >= 11 is 0. The van der Waals surface area contributed by atoms with Crippen molar-refractivity contribution < 1.29 is 0 Å². The Hall–Kier alpha value is -0.0800. The molecular weight excluding hydrogens is 160 g/mol. The molecule has 0 heterocycles. The lowest BCUT2D eigenvalue weighted by Crippen LogP contribution is -2.26. The van der Waals surface area contributed by atoms with E-state index in [2.05, 4.69) is 31.2 Å². The molecule has 0 aromatic rings. The minimum atomic E-state index is 0.646. The van der Waals surface area contributed by atoms with E-state index in [0.29, 0.717) is 6.04 Å².